The molecule has 9 nitrogen and oxygen atoms in total. The van der Waals surface area contributed by atoms with Crippen molar-refractivity contribution >= 4 is 27.9 Å². The third-order valence-electron chi connectivity index (χ3n) is 5.91. The van der Waals surface area contributed by atoms with E-state index < -0.39 is 0 Å². The molecule has 6 aromatic rings. The molecule has 0 unspecified atom stereocenters. The lowest BCUT2D eigenvalue weighted by atomic mass is 10.0. The second-order valence-electron chi connectivity index (χ2n) is 8.07. The molecule has 0 saturated heterocycles. The summed E-state index contributed by atoms with van der Waals surface area (Å²) in [4.78, 5) is 22.0. The number of hydrogen-bond donors (Lipinski definition) is 3. The maximum atomic E-state index is 6.00. The number of aromatic nitrogens is 7. The van der Waals surface area contributed by atoms with Gasteiger partial charge in [0, 0.05) is 17.3 Å². The summed E-state index contributed by atoms with van der Waals surface area (Å²) in [6, 6.07) is 16.2. The van der Waals surface area contributed by atoms with Crippen LogP contribution in [0.2, 0.25) is 0 Å². The number of rotatable bonds is 0. The van der Waals surface area contributed by atoms with E-state index in [0.717, 1.165) is 38.9 Å². The Bertz CT molecular complexity index is 1690. The largest absolute Gasteiger partial charge is 0.492 e. The van der Waals surface area contributed by atoms with E-state index in [1.165, 1.54) is 0 Å². The lowest BCUT2D eigenvalue weighted by Gasteiger charge is -2.10. The zero-order valence-corrected chi connectivity index (χ0v) is 17.9. The molecule has 1 aliphatic rings. The Balaban J connectivity index is 1.47. The number of H-pyrrole nitrogens is 2. The van der Waals surface area contributed by atoms with Crippen molar-refractivity contribution in [3.05, 3.63) is 67.1 Å². The molecule has 0 fully saturated rings. The molecule has 0 aliphatic carbocycles. The summed E-state index contributed by atoms with van der Waals surface area (Å²) in [7, 11) is 0. The van der Waals surface area contributed by atoms with Gasteiger partial charge in [-0.1, -0.05) is 24.3 Å². The first-order valence-electron chi connectivity index (χ1n) is 10.9. The Labute approximate surface area is 193 Å². The third-order valence-corrected chi connectivity index (χ3v) is 5.91. The van der Waals surface area contributed by atoms with Gasteiger partial charge in [0.15, 0.2) is 11.5 Å². The fraction of sp³-hybridized carbons (Fsp3) is 0.0800. The molecule has 0 spiro atoms. The zero-order chi connectivity index (χ0) is 22.5. The number of anilines is 1. The molecule has 4 aromatic heterocycles. The van der Waals surface area contributed by atoms with E-state index in [2.05, 4.69) is 42.6 Å². The van der Waals surface area contributed by atoms with Crippen LogP contribution in [0.15, 0.2) is 67.1 Å². The molecule has 0 atom stereocenters. The van der Waals surface area contributed by atoms with Crippen LogP contribution >= 0.6 is 0 Å². The number of fused-ring (bicyclic) bond motifs is 9. The zero-order valence-electron chi connectivity index (χ0n) is 17.9. The summed E-state index contributed by atoms with van der Waals surface area (Å²) in [6.07, 6.45) is 5.19. The molecular formula is C25H18N8O. The third kappa shape index (κ3) is 3.06. The fourth-order valence-corrected chi connectivity index (χ4v) is 4.29. The van der Waals surface area contributed by atoms with Gasteiger partial charge in [-0.05, 0) is 29.8 Å². The van der Waals surface area contributed by atoms with Crippen LogP contribution in [0, 0.1) is 0 Å². The van der Waals surface area contributed by atoms with Crippen LogP contribution in [0.5, 0.6) is 5.75 Å². The topological polar surface area (TPSA) is 117 Å². The van der Waals surface area contributed by atoms with Crippen LogP contribution in [0.1, 0.15) is 0 Å². The van der Waals surface area contributed by atoms with Gasteiger partial charge < -0.3 is 15.0 Å². The first-order chi connectivity index (χ1) is 16.8. The number of ether oxygens (including phenoxy) is 1. The van der Waals surface area contributed by atoms with Crippen LogP contribution in [0.25, 0.3) is 56.0 Å². The van der Waals surface area contributed by atoms with Crippen molar-refractivity contribution in [1.82, 2.24) is 35.1 Å². The van der Waals surface area contributed by atoms with Crippen LogP contribution in [0.4, 0.5) is 5.82 Å². The maximum Gasteiger partial charge on any atom is 0.159 e. The van der Waals surface area contributed by atoms with Crippen molar-refractivity contribution in [2.45, 2.75) is 0 Å². The molecule has 8 bridgehead atoms. The van der Waals surface area contributed by atoms with Crippen LogP contribution in [-0.4, -0.2) is 48.3 Å². The van der Waals surface area contributed by atoms with Crippen molar-refractivity contribution in [2.75, 3.05) is 18.5 Å². The minimum Gasteiger partial charge on any atom is -0.492 e. The summed E-state index contributed by atoms with van der Waals surface area (Å²) < 4.78 is 6.00. The second-order valence-corrected chi connectivity index (χ2v) is 8.07. The molecule has 34 heavy (non-hydrogen) atoms. The van der Waals surface area contributed by atoms with E-state index in [1.807, 2.05) is 36.4 Å². The number of para-hydroxylation sites is 1. The van der Waals surface area contributed by atoms with Gasteiger partial charge in [-0.3, -0.25) is 10.1 Å². The smallest absolute Gasteiger partial charge is 0.159 e. The number of hydrogen-bond acceptors (Lipinski definition) is 7. The van der Waals surface area contributed by atoms with Crippen molar-refractivity contribution < 1.29 is 4.74 Å². The monoisotopic (exact) mass is 446 g/mol. The van der Waals surface area contributed by atoms with Gasteiger partial charge in [-0.15, -0.1) is 0 Å². The van der Waals surface area contributed by atoms with E-state index in [4.69, 9.17) is 14.7 Å². The van der Waals surface area contributed by atoms with Crippen molar-refractivity contribution in [2.24, 2.45) is 0 Å². The molecule has 9 heteroatoms. The minimum absolute atomic E-state index is 0.484. The van der Waals surface area contributed by atoms with Gasteiger partial charge in [0.1, 0.15) is 23.9 Å². The highest BCUT2D eigenvalue weighted by atomic mass is 16.5. The van der Waals surface area contributed by atoms with Crippen LogP contribution < -0.4 is 10.1 Å². The summed E-state index contributed by atoms with van der Waals surface area (Å²) in [6.45, 7) is 1.07. The molecule has 0 amide bonds. The Hall–Kier alpha value is -4.79. The number of aromatic amines is 2. The lowest BCUT2D eigenvalue weighted by Crippen LogP contribution is -2.12. The van der Waals surface area contributed by atoms with E-state index in [9.17, 15) is 0 Å². The van der Waals surface area contributed by atoms with E-state index in [1.54, 1.807) is 18.6 Å². The lowest BCUT2D eigenvalue weighted by molar-refractivity contribution is 0.333. The summed E-state index contributed by atoms with van der Waals surface area (Å²) in [5.74, 6) is 2.14. The number of nitrogens with zero attached hydrogens (tertiary/aromatic N) is 5. The van der Waals surface area contributed by atoms with E-state index in [0.29, 0.717) is 41.8 Å². The van der Waals surface area contributed by atoms with Gasteiger partial charge in [-0.2, -0.15) is 5.10 Å². The number of benzene rings is 2. The van der Waals surface area contributed by atoms with E-state index in [-0.39, 0.29) is 0 Å². The quantitative estimate of drug-likeness (QED) is 0.316. The number of nitrogens with one attached hydrogen (secondary N) is 3. The number of pyridine rings is 1. The van der Waals surface area contributed by atoms with Crippen molar-refractivity contribution in [1.29, 1.82) is 0 Å². The molecule has 2 aromatic carbocycles. The molecule has 164 valence electrons. The first-order valence-corrected chi connectivity index (χ1v) is 10.9. The summed E-state index contributed by atoms with van der Waals surface area (Å²) in [5, 5.41) is 11.7. The molecule has 0 radical (unpaired) electrons. The minimum atomic E-state index is 0.484. The number of imidazole rings is 1. The second kappa shape index (κ2) is 7.38. The average Bonchev–Trinajstić information content (AvgIpc) is 3.50. The predicted molar refractivity (Wildman–Crippen MR) is 129 cm³/mol. The fourth-order valence-electron chi connectivity index (χ4n) is 4.29. The van der Waals surface area contributed by atoms with Gasteiger partial charge in [0.25, 0.3) is 0 Å². The van der Waals surface area contributed by atoms with Crippen molar-refractivity contribution in [3.8, 4) is 39.7 Å². The molecule has 7 rings (SSSR count). The maximum absolute atomic E-state index is 6.00. The highest BCUT2D eigenvalue weighted by Gasteiger charge is 2.17. The molecule has 5 heterocycles. The molecule has 0 saturated carbocycles. The van der Waals surface area contributed by atoms with E-state index >= 15 is 0 Å². The highest BCUT2D eigenvalue weighted by Crippen LogP contribution is 2.33. The normalized spacial score (nSPS) is 12.9. The van der Waals surface area contributed by atoms with Gasteiger partial charge in [0.2, 0.25) is 0 Å². The first kappa shape index (κ1) is 18.8. The summed E-state index contributed by atoms with van der Waals surface area (Å²) >= 11 is 0. The highest BCUT2D eigenvalue weighted by molar-refractivity contribution is 5.97. The Morgan fingerprint density at radius 2 is 1.88 bits per heavy atom. The predicted octanol–water partition coefficient (Wildman–Crippen LogP) is 4.43. The van der Waals surface area contributed by atoms with Crippen molar-refractivity contribution in [3.63, 3.8) is 0 Å². The van der Waals surface area contributed by atoms with Gasteiger partial charge in [0.05, 0.1) is 41.1 Å². The van der Waals surface area contributed by atoms with Gasteiger partial charge >= 0.3 is 0 Å². The Morgan fingerprint density at radius 3 is 2.88 bits per heavy atom. The van der Waals surface area contributed by atoms with Crippen LogP contribution in [0.3, 0.4) is 0 Å². The summed E-state index contributed by atoms with van der Waals surface area (Å²) in [5.41, 5.74) is 6.80. The standard InChI is InChI=1S/C25H18N8O/c1-3-14-9-16(4-1)34-8-7-27-21-13-26-12-20(29-21)15-10-18-23(32-33-24(18)28-11-15)25-30-19-6-2-5-17(14)22(19)31-25/h1-6,9-13H,7-8H2,(H,27,29)(H,30,31)(H,28,32,33). The Kier molecular flexibility index (Phi) is 4.07. The SMILES string of the molecule is c1cc2cc(c1)-c1cccc3[nH]c(nc13)-c1n[nH]c3ncc(cc13)-c1cncc(n1)NCCO2. The van der Waals surface area contributed by atoms with Crippen LogP contribution in [-0.2, 0) is 0 Å². The average molecular weight is 446 g/mol. The molecule has 3 N–H and O–H groups in total. The molecule has 1 aliphatic heterocycles. The molecular weight excluding hydrogens is 428 g/mol. The van der Waals surface area contributed by atoms with Gasteiger partial charge in [-0.25, -0.2) is 15.0 Å². The Morgan fingerprint density at radius 1 is 0.912 bits per heavy atom.